The second-order valence-electron chi connectivity index (χ2n) is 7.59. The molecule has 2 heteroatoms. The highest BCUT2D eigenvalue weighted by Crippen LogP contribution is 2.60. The Bertz CT molecular complexity index is 550. The van der Waals surface area contributed by atoms with E-state index in [0.717, 1.165) is 34.6 Å². The van der Waals surface area contributed by atoms with Crippen LogP contribution >= 0.6 is 0 Å². The largest absolute Gasteiger partial charge is 0.256 e. The summed E-state index contributed by atoms with van der Waals surface area (Å²) < 4.78 is 0. The lowest BCUT2D eigenvalue weighted by atomic mass is 9.48. The Morgan fingerprint density at radius 2 is 1.65 bits per heavy atom. The van der Waals surface area contributed by atoms with Crippen LogP contribution < -0.4 is 0 Å². The molecule has 2 nitrogen and oxygen atoms in total. The lowest BCUT2D eigenvalue weighted by Gasteiger charge is -2.56. The zero-order valence-corrected chi connectivity index (χ0v) is 12.4. The fourth-order valence-corrected chi connectivity index (χ4v) is 5.70. The SMILES string of the molecule is Cc1cc(C23CC4CC(CC(C4)C2)C3)nc(C)c1C#N. The van der Waals surface area contributed by atoms with Gasteiger partial charge < -0.3 is 0 Å². The molecule has 0 aromatic carbocycles. The zero-order valence-electron chi connectivity index (χ0n) is 12.4. The van der Waals surface area contributed by atoms with E-state index in [1.165, 1.54) is 44.2 Å². The van der Waals surface area contributed by atoms with Crippen molar-refractivity contribution in [2.75, 3.05) is 0 Å². The molecule has 1 aromatic rings. The van der Waals surface area contributed by atoms with E-state index in [4.69, 9.17) is 4.98 Å². The first-order chi connectivity index (χ1) is 9.59. The van der Waals surface area contributed by atoms with Crippen LogP contribution in [0, 0.1) is 42.9 Å². The maximum absolute atomic E-state index is 9.23. The summed E-state index contributed by atoms with van der Waals surface area (Å²) in [4.78, 5) is 4.87. The Labute approximate surface area is 121 Å². The van der Waals surface area contributed by atoms with E-state index in [2.05, 4.69) is 19.1 Å². The van der Waals surface area contributed by atoms with E-state index < -0.39 is 0 Å². The van der Waals surface area contributed by atoms with E-state index in [1.807, 2.05) is 6.92 Å². The van der Waals surface area contributed by atoms with Gasteiger partial charge in [-0.25, -0.2) is 0 Å². The molecule has 104 valence electrons. The van der Waals surface area contributed by atoms with Gasteiger partial charge in [0.1, 0.15) is 6.07 Å². The molecule has 4 bridgehead atoms. The Morgan fingerprint density at radius 1 is 1.10 bits per heavy atom. The molecule has 0 N–H and O–H groups in total. The van der Waals surface area contributed by atoms with Gasteiger partial charge in [0.25, 0.3) is 0 Å². The van der Waals surface area contributed by atoms with Crippen LogP contribution in [0.5, 0.6) is 0 Å². The minimum absolute atomic E-state index is 0.345. The molecule has 5 rings (SSSR count). The van der Waals surface area contributed by atoms with Crippen molar-refractivity contribution < 1.29 is 0 Å². The fraction of sp³-hybridized carbons (Fsp3) is 0.667. The molecule has 0 aliphatic heterocycles. The number of rotatable bonds is 1. The second kappa shape index (κ2) is 4.07. The summed E-state index contributed by atoms with van der Waals surface area (Å²) in [5, 5.41) is 9.23. The van der Waals surface area contributed by atoms with Gasteiger partial charge in [-0.2, -0.15) is 5.26 Å². The zero-order chi connectivity index (χ0) is 13.9. The summed E-state index contributed by atoms with van der Waals surface area (Å²) in [5.41, 5.74) is 4.46. The maximum atomic E-state index is 9.23. The van der Waals surface area contributed by atoms with Crippen LogP contribution in [-0.4, -0.2) is 4.98 Å². The molecule has 4 aliphatic carbocycles. The van der Waals surface area contributed by atoms with E-state index in [9.17, 15) is 5.26 Å². The predicted octanol–water partition coefficient (Wildman–Crippen LogP) is 4.04. The molecule has 4 saturated carbocycles. The van der Waals surface area contributed by atoms with Crippen molar-refractivity contribution in [1.82, 2.24) is 4.98 Å². The first-order valence-corrected chi connectivity index (χ1v) is 7.98. The molecule has 20 heavy (non-hydrogen) atoms. The molecule has 1 heterocycles. The number of nitriles is 1. The predicted molar refractivity (Wildman–Crippen MR) is 78.3 cm³/mol. The molecule has 0 amide bonds. The molecular formula is C18H22N2. The first kappa shape index (κ1) is 12.4. The van der Waals surface area contributed by atoms with Crippen LogP contribution in [0.3, 0.4) is 0 Å². The van der Waals surface area contributed by atoms with Gasteiger partial charge in [-0.3, -0.25) is 4.98 Å². The summed E-state index contributed by atoms with van der Waals surface area (Å²) >= 11 is 0. The third-order valence-corrected chi connectivity index (χ3v) is 6.09. The lowest BCUT2D eigenvalue weighted by Crippen LogP contribution is -2.49. The van der Waals surface area contributed by atoms with Crippen molar-refractivity contribution in [2.45, 2.75) is 57.8 Å². The highest BCUT2D eigenvalue weighted by Gasteiger charge is 2.52. The van der Waals surface area contributed by atoms with Gasteiger partial charge in [-0.05, 0) is 81.8 Å². The lowest BCUT2D eigenvalue weighted by molar-refractivity contribution is -0.00729. The van der Waals surface area contributed by atoms with E-state index in [1.54, 1.807) is 0 Å². The highest BCUT2D eigenvalue weighted by molar-refractivity contribution is 5.42. The normalized spacial score (nSPS) is 38.0. The van der Waals surface area contributed by atoms with Gasteiger partial charge in [-0.15, -0.1) is 0 Å². The molecule has 0 unspecified atom stereocenters. The molecule has 4 aliphatic rings. The van der Waals surface area contributed by atoms with Crippen molar-refractivity contribution in [1.29, 1.82) is 5.26 Å². The number of aromatic nitrogens is 1. The van der Waals surface area contributed by atoms with Crippen LogP contribution in [0.15, 0.2) is 6.07 Å². The maximum Gasteiger partial charge on any atom is 0.101 e. The summed E-state index contributed by atoms with van der Waals surface area (Å²) in [6, 6.07) is 4.52. The summed E-state index contributed by atoms with van der Waals surface area (Å²) in [7, 11) is 0. The Balaban J connectivity index is 1.80. The number of aryl methyl sites for hydroxylation is 2. The first-order valence-electron chi connectivity index (χ1n) is 7.98. The summed E-state index contributed by atoms with van der Waals surface area (Å²) in [5.74, 6) is 2.83. The summed E-state index contributed by atoms with van der Waals surface area (Å²) in [6.07, 6.45) is 8.43. The van der Waals surface area contributed by atoms with Gasteiger partial charge in [0.2, 0.25) is 0 Å². The van der Waals surface area contributed by atoms with Crippen LogP contribution in [0.4, 0.5) is 0 Å². The molecule has 4 fully saturated rings. The van der Waals surface area contributed by atoms with Gasteiger partial charge in [0, 0.05) is 11.1 Å². The Hall–Kier alpha value is -1.36. The molecule has 0 atom stereocenters. The number of nitrogens with zero attached hydrogens (tertiary/aromatic N) is 2. The molecule has 0 saturated heterocycles. The monoisotopic (exact) mass is 266 g/mol. The van der Waals surface area contributed by atoms with Crippen molar-refractivity contribution in [3.05, 3.63) is 28.6 Å². The second-order valence-corrected chi connectivity index (χ2v) is 7.59. The van der Waals surface area contributed by atoms with Gasteiger partial charge in [-0.1, -0.05) is 0 Å². The van der Waals surface area contributed by atoms with Crippen molar-refractivity contribution >= 4 is 0 Å². The molecule has 1 aromatic heterocycles. The topological polar surface area (TPSA) is 36.7 Å². The van der Waals surface area contributed by atoms with Gasteiger partial charge >= 0.3 is 0 Å². The van der Waals surface area contributed by atoms with E-state index in [0.29, 0.717) is 5.41 Å². The Morgan fingerprint density at radius 3 is 2.10 bits per heavy atom. The smallest absolute Gasteiger partial charge is 0.101 e. The number of hydrogen-bond donors (Lipinski definition) is 0. The van der Waals surface area contributed by atoms with Crippen molar-refractivity contribution in [2.24, 2.45) is 17.8 Å². The quantitative estimate of drug-likeness (QED) is 0.769. The Kier molecular flexibility index (Phi) is 2.52. The molecule has 0 radical (unpaired) electrons. The van der Waals surface area contributed by atoms with Gasteiger partial charge in [0.05, 0.1) is 11.3 Å². The van der Waals surface area contributed by atoms with Gasteiger partial charge in [0.15, 0.2) is 0 Å². The third-order valence-electron chi connectivity index (χ3n) is 6.09. The standard InChI is InChI=1S/C18H22N2/c1-11-3-17(20-12(2)16(11)10-19)18-7-13-4-14(8-18)6-15(5-13)9-18/h3,13-15H,4-9H2,1-2H3. The molecule has 0 spiro atoms. The van der Waals surface area contributed by atoms with E-state index >= 15 is 0 Å². The van der Waals surface area contributed by atoms with Crippen LogP contribution in [0.25, 0.3) is 0 Å². The van der Waals surface area contributed by atoms with Crippen molar-refractivity contribution in [3.63, 3.8) is 0 Å². The molecular weight excluding hydrogens is 244 g/mol. The minimum atomic E-state index is 0.345. The average molecular weight is 266 g/mol. The van der Waals surface area contributed by atoms with E-state index in [-0.39, 0.29) is 0 Å². The average Bonchev–Trinajstić information content (AvgIpc) is 2.36. The minimum Gasteiger partial charge on any atom is -0.256 e. The fourth-order valence-electron chi connectivity index (χ4n) is 5.70. The summed E-state index contributed by atoms with van der Waals surface area (Å²) in [6.45, 7) is 4.06. The highest BCUT2D eigenvalue weighted by atomic mass is 14.8. The van der Waals surface area contributed by atoms with Crippen LogP contribution in [0.2, 0.25) is 0 Å². The van der Waals surface area contributed by atoms with Crippen molar-refractivity contribution in [3.8, 4) is 6.07 Å². The third kappa shape index (κ3) is 1.65. The van der Waals surface area contributed by atoms with Crippen LogP contribution in [0.1, 0.15) is 61.0 Å². The number of pyridine rings is 1. The number of hydrogen-bond acceptors (Lipinski definition) is 2. The van der Waals surface area contributed by atoms with Crippen LogP contribution in [-0.2, 0) is 5.41 Å².